The lowest BCUT2D eigenvalue weighted by atomic mass is 10.1. The molecule has 10 nitrogen and oxygen atoms in total. The maximum Gasteiger partial charge on any atom is 0.258 e. The van der Waals surface area contributed by atoms with Crippen molar-refractivity contribution in [2.75, 3.05) is 26.2 Å². The third kappa shape index (κ3) is 2.58. The summed E-state index contributed by atoms with van der Waals surface area (Å²) in [5.74, 6) is 1.05. The molecule has 0 saturated carbocycles. The Balaban J connectivity index is 2.29. The van der Waals surface area contributed by atoms with E-state index in [2.05, 4.69) is 20.1 Å². The molecule has 3 aromatic rings. The first-order valence-electron chi connectivity index (χ1n) is 6.67. The predicted octanol–water partition coefficient (Wildman–Crippen LogP) is 0.189. The van der Waals surface area contributed by atoms with Crippen LogP contribution in [-0.4, -0.2) is 53.5 Å². The Morgan fingerprint density at radius 1 is 1.08 bits per heavy atom. The zero-order chi connectivity index (χ0) is 17.5. The Hall–Kier alpha value is -2.95. The summed E-state index contributed by atoms with van der Waals surface area (Å²) >= 11 is 0. The molecule has 0 bridgehead atoms. The highest BCUT2D eigenvalue weighted by atomic mass is 32.2. The zero-order valence-corrected chi connectivity index (χ0v) is 13.9. The molecular formula is C13H14N6O4S. The minimum absolute atomic E-state index is 0.00545. The molecule has 3 rings (SSSR count). The number of sulfone groups is 1. The second-order valence-corrected chi connectivity index (χ2v) is 6.73. The highest BCUT2D eigenvalue weighted by molar-refractivity contribution is 7.90. The Kier molecular flexibility index (Phi) is 3.72. The summed E-state index contributed by atoms with van der Waals surface area (Å²) in [7, 11) is -0.623. The van der Waals surface area contributed by atoms with Crippen molar-refractivity contribution in [3.05, 3.63) is 18.2 Å². The Morgan fingerprint density at radius 3 is 2.25 bits per heavy atom. The lowest BCUT2D eigenvalue weighted by molar-refractivity contribution is 0.397. The number of fused-ring (bicyclic) bond motifs is 1. The van der Waals surface area contributed by atoms with E-state index in [0.717, 1.165) is 10.8 Å². The number of nitrogen functional groups attached to an aromatic ring is 1. The molecule has 2 aromatic heterocycles. The molecule has 2 N–H and O–H groups in total. The summed E-state index contributed by atoms with van der Waals surface area (Å²) in [6, 6.07) is 5.20. The van der Waals surface area contributed by atoms with E-state index >= 15 is 0 Å². The second kappa shape index (κ2) is 5.60. The van der Waals surface area contributed by atoms with Gasteiger partial charge in [-0.2, -0.15) is 19.5 Å². The lowest BCUT2D eigenvalue weighted by Gasteiger charge is -2.09. The molecule has 0 radical (unpaired) electrons. The first-order chi connectivity index (χ1) is 11.3. The highest BCUT2D eigenvalue weighted by Crippen LogP contribution is 2.36. The smallest absolute Gasteiger partial charge is 0.258 e. The van der Waals surface area contributed by atoms with E-state index in [1.54, 1.807) is 18.2 Å². The van der Waals surface area contributed by atoms with Gasteiger partial charge in [0.05, 0.1) is 14.2 Å². The van der Waals surface area contributed by atoms with Gasteiger partial charge in [0.15, 0.2) is 5.82 Å². The number of ether oxygens (including phenoxy) is 2. The first-order valence-corrected chi connectivity index (χ1v) is 8.56. The molecule has 24 heavy (non-hydrogen) atoms. The number of aromatic nitrogens is 5. The van der Waals surface area contributed by atoms with E-state index in [0.29, 0.717) is 17.1 Å². The summed E-state index contributed by atoms with van der Waals surface area (Å²) < 4.78 is 35.0. The van der Waals surface area contributed by atoms with Gasteiger partial charge in [0.25, 0.3) is 10.9 Å². The number of nitrogens with zero attached hydrogens (tertiary/aromatic N) is 5. The van der Waals surface area contributed by atoms with Crippen molar-refractivity contribution in [1.29, 1.82) is 0 Å². The van der Waals surface area contributed by atoms with Crippen molar-refractivity contribution in [3.8, 4) is 22.9 Å². The largest absolute Gasteiger partial charge is 0.496 e. The number of rotatable bonds is 4. The Bertz CT molecular complexity index is 1010. The van der Waals surface area contributed by atoms with Gasteiger partial charge in [-0.1, -0.05) is 6.07 Å². The first kappa shape index (κ1) is 15.9. The van der Waals surface area contributed by atoms with Crippen molar-refractivity contribution in [2.24, 2.45) is 0 Å². The molecule has 126 valence electrons. The van der Waals surface area contributed by atoms with E-state index < -0.39 is 15.0 Å². The molecule has 0 aliphatic heterocycles. The predicted molar refractivity (Wildman–Crippen MR) is 84.6 cm³/mol. The van der Waals surface area contributed by atoms with Crippen LogP contribution in [0.15, 0.2) is 23.4 Å². The summed E-state index contributed by atoms with van der Waals surface area (Å²) in [5, 5.41) is 3.81. The number of methoxy groups -OCH3 is 2. The number of hydrogen-bond donors (Lipinski definition) is 1. The minimum Gasteiger partial charge on any atom is -0.496 e. The van der Waals surface area contributed by atoms with Crippen molar-refractivity contribution in [1.82, 2.24) is 24.6 Å². The number of hydrogen-bond acceptors (Lipinski definition) is 9. The zero-order valence-electron chi connectivity index (χ0n) is 13.1. The molecule has 0 aliphatic carbocycles. The fourth-order valence-electron chi connectivity index (χ4n) is 2.13. The van der Waals surface area contributed by atoms with Gasteiger partial charge in [0.1, 0.15) is 17.1 Å². The van der Waals surface area contributed by atoms with E-state index in [4.69, 9.17) is 15.2 Å². The van der Waals surface area contributed by atoms with Gasteiger partial charge in [-0.3, -0.25) is 0 Å². The highest BCUT2D eigenvalue weighted by Gasteiger charge is 2.21. The van der Waals surface area contributed by atoms with Crippen LogP contribution < -0.4 is 15.2 Å². The van der Waals surface area contributed by atoms with Crippen molar-refractivity contribution >= 4 is 21.6 Å². The summed E-state index contributed by atoms with van der Waals surface area (Å²) in [6.07, 6.45) is 0.985. The van der Waals surface area contributed by atoms with Crippen LogP contribution in [0.25, 0.3) is 17.2 Å². The van der Waals surface area contributed by atoms with Gasteiger partial charge in [-0.05, 0) is 12.1 Å². The molecule has 0 spiro atoms. The summed E-state index contributed by atoms with van der Waals surface area (Å²) in [6.45, 7) is 0. The molecule has 11 heteroatoms. The number of nitrogens with two attached hydrogens (primary N) is 1. The van der Waals surface area contributed by atoms with Crippen LogP contribution in [0, 0.1) is 0 Å². The minimum atomic E-state index is -3.63. The molecule has 0 amide bonds. The maximum absolute atomic E-state index is 11.6. The van der Waals surface area contributed by atoms with E-state index in [1.807, 2.05) is 0 Å². The molecule has 0 aliphatic rings. The van der Waals surface area contributed by atoms with E-state index in [-0.39, 0.29) is 17.6 Å². The fraction of sp³-hybridized carbons (Fsp3) is 0.231. The average Bonchev–Trinajstić information content (AvgIpc) is 2.97. The van der Waals surface area contributed by atoms with Crippen LogP contribution in [0.1, 0.15) is 0 Å². The molecule has 0 unspecified atom stereocenters. The third-order valence-electron chi connectivity index (χ3n) is 3.20. The van der Waals surface area contributed by atoms with Crippen LogP contribution in [0.5, 0.6) is 11.5 Å². The fourth-order valence-corrected chi connectivity index (χ4v) is 2.64. The summed E-state index contributed by atoms with van der Waals surface area (Å²) in [4.78, 5) is 11.9. The van der Waals surface area contributed by atoms with Crippen molar-refractivity contribution < 1.29 is 17.9 Å². The number of benzene rings is 1. The van der Waals surface area contributed by atoms with Crippen molar-refractivity contribution in [3.63, 3.8) is 0 Å². The van der Waals surface area contributed by atoms with Crippen LogP contribution in [-0.2, 0) is 9.84 Å². The lowest BCUT2D eigenvalue weighted by Crippen LogP contribution is -2.11. The van der Waals surface area contributed by atoms with Gasteiger partial charge in [-0.25, -0.2) is 8.42 Å². The van der Waals surface area contributed by atoms with Gasteiger partial charge < -0.3 is 15.2 Å². The average molecular weight is 350 g/mol. The monoisotopic (exact) mass is 350 g/mol. The second-order valence-electron chi connectivity index (χ2n) is 4.82. The van der Waals surface area contributed by atoms with Crippen LogP contribution in [0.4, 0.5) is 5.95 Å². The van der Waals surface area contributed by atoms with Gasteiger partial charge in [0.2, 0.25) is 15.8 Å². The van der Waals surface area contributed by atoms with Crippen LogP contribution >= 0.6 is 0 Å². The van der Waals surface area contributed by atoms with Crippen LogP contribution in [0.2, 0.25) is 0 Å². The normalized spacial score (nSPS) is 11.6. The molecule has 1 aromatic carbocycles. The molecular weight excluding hydrogens is 336 g/mol. The maximum atomic E-state index is 11.6. The number of anilines is 1. The van der Waals surface area contributed by atoms with Crippen LogP contribution in [0.3, 0.4) is 0 Å². The van der Waals surface area contributed by atoms with Gasteiger partial charge >= 0.3 is 0 Å². The standard InChI is InChI=1S/C13H14N6O4S/c1-22-7-5-4-6-8(23-2)9(7)10-15-12-17-13(24(3,20)21)16-11(14)19(12)18-10/h4-6H,1-3H3,(H2,14,15,16,17,18). The summed E-state index contributed by atoms with van der Waals surface area (Å²) in [5.41, 5.74) is 6.26. The van der Waals surface area contributed by atoms with E-state index in [1.165, 1.54) is 14.2 Å². The van der Waals surface area contributed by atoms with Gasteiger partial charge in [0, 0.05) is 6.26 Å². The molecule has 0 atom stereocenters. The SMILES string of the molecule is COc1cccc(OC)c1-c1nc2nc(S(C)(=O)=O)nc(N)n2n1. The molecule has 0 fully saturated rings. The topological polar surface area (TPSA) is 135 Å². The third-order valence-corrected chi connectivity index (χ3v) is 4.04. The molecule has 0 saturated heterocycles. The van der Waals surface area contributed by atoms with E-state index in [9.17, 15) is 8.42 Å². The Morgan fingerprint density at radius 2 is 1.71 bits per heavy atom. The van der Waals surface area contributed by atoms with Gasteiger partial charge in [-0.15, -0.1) is 5.10 Å². The quantitative estimate of drug-likeness (QED) is 0.699. The Labute approximate surface area is 137 Å². The van der Waals surface area contributed by atoms with Crippen molar-refractivity contribution in [2.45, 2.75) is 5.16 Å². The molecule has 2 heterocycles.